The molecule has 0 aliphatic carbocycles. The number of hydrogen-bond donors (Lipinski definition) is 2. The van der Waals surface area contributed by atoms with Crippen LogP contribution < -0.4 is 10.6 Å². The van der Waals surface area contributed by atoms with Crippen LogP contribution in [0.4, 0.5) is 5.69 Å². The number of halogens is 1. The fraction of sp³-hybridized carbons (Fsp3) is 0.333. The summed E-state index contributed by atoms with van der Waals surface area (Å²) < 4.78 is 0. The van der Waals surface area contributed by atoms with Gasteiger partial charge in [-0.1, -0.05) is 24.3 Å². The molecule has 1 aliphatic rings. The molecule has 5 nitrogen and oxygen atoms in total. The van der Waals surface area contributed by atoms with Crippen LogP contribution in [0, 0.1) is 12.8 Å². The number of aryl methyl sites for hydroxylation is 1. The van der Waals surface area contributed by atoms with Crippen molar-refractivity contribution in [1.29, 1.82) is 0 Å². The van der Waals surface area contributed by atoms with E-state index in [1.807, 2.05) is 49.2 Å². The van der Waals surface area contributed by atoms with Gasteiger partial charge >= 0.3 is 0 Å². The summed E-state index contributed by atoms with van der Waals surface area (Å²) in [5, 5.41) is 6.10. The highest BCUT2D eigenvalue weighted by molar-refractivity contribution is 6.05. The second-order valence-corrected chi connectivity index (χ2v) is 6.81. The van der Waals surface area contributed by atoms with Crippen molar-refractivity contribution in [2.75, 3.05) is 32.0 Å². The van der Waals surface area contributed by atoms with Crippen LogP contribution in [0.1, 0.15) is 32.7 Å². The van der Waals surface area contributed by atoms with E-state index in [9.17, 15) is 9.59 Å². The minimum absolute atomic E-state index is 0. The van der Waals surface area contributed by atoms with Crippen LogP contribution in [-0.2, 0) is 0 Å². The summed E-state index contributed by atoms with van der Waals surface area (Å²) in [5.41, 5.74) is 2.82. The van der Waals surface area contributed by atoms with E-state index >= 15 is 0 Å². The molecule has 0 saturated carbocycles. The van der Waals surface area contributed by atoms with Gasteiger partial charge in [-0.2, -0.15) is 0 Å². The molecule has 1 heterocycles. The quantitative estimate of drug-likeness (QED) is 0.827. The van der Waals surface area contributed by atoms with Crippen LogP contribution in [0.15, 0.2) is 48.5 Å². The first-order chi connectivity index (χ1) is 12.6. The van der Waals surface area contributed by atoms with Gasteiger partial charge in [0.2, 0.25) is 0 Å². The van der Waals surface area contributed by atoms with Gasteiger partial charge in [-0.25, -0.2) is 0 Å². The second kappa shape index (κ2) is 9.53. The Hall–Kier alpha value is -2.37. The van der Waals surface area contributed by atoms with E-state index in [-0.39, 0.29) is 24.2 Å². The zero-order valence-electron chi connectivity index (χ0n) is 15.7. The number of amides is 2. The smallest absolute Gasteiger partial charge is 0.255 e. The molecule has 2 aromatic carbocycles. The Morgan fingerprint density at radius 2 is 1.85 bits per heavy atom. The van der Waals surface area contributed by atoms with Crippen molar-refractivity contribution in [2.24, 2.45) is 5.92 Å². The fourth-order valence-electron chi connectivity index (χ4n) is 3.33. The Morgan fingerprint density at radius 1 is 1.11 bits per heavy atom. The zero-order chi connectivity index (χ0) is 18.5. The van der Waals surface area contributed by atoms with E-state index in [1.54, 1.807) is 18.2 Å². The van der Waals surface area contributed by atoms with E-state index < -0.39 is 0 Å². The van der Waals surface area contributed by atoms with Gasteiger partial charge in [-0.15, -0.1) is 12.4 Å². The molecule has 2 N–H and O–H groups in total. The molecule has 0 aromatic heterocycles. The maximum atomic E-state index is 12.8. The van der Waals surface area contributed by atoms with E-state index in [2.05, 4.69) is 10.6 Å². The minimum Gasteiger partial charge on any atom is -0.338 e. The van der Waals surface area contributed by atoms with Crippen molar-refractivity contribution in [1.82, 2.24) is 10.2 Å². The van der Waals surface area contributed by atoms with Gasteiger partial charge in [-0.05, 0) is 62.7 Å². The number of carbonyl (C=O) groups excluding carboxylic acids is 2. The highest BCUT2D eigenvalue weighted by atomic mass is 35.5. The van der Waals surface area contributed by atoms with E-state index in [0.717, 1.165) is 31.6 Å². The van der Waals surface area contributed by atoms with Crippen molar-refractivity contribution in [3.63, 3.8) is 0 Å². The molecule has 2 amide bonds. The molecule has 0 spiro atoms. The average molecular weight is 388 g/mol. The molecule has 2 aromatic rings. The molecule has 1 unspecified atom stereocenters. The average Bonchev–Trinajstić information content (AvgIpc) is 3.12. The van der Waals surface area contributed by atoms with Gasteiger partial charge in [0, 0.05) is 29.9 Å². The van der Waals surface area contributed by atoms with Gasteiger partial charge in [-0.3, -0.25) is 9.59 Å². The zero-order valence-corrected chi connectivity index (χ0v) is 16.5. The van der Waals surface area contributed by atoms with Crippen LogP contribution in [0.2, 0.25) is 0 Å². The maximum absolute atomic E-state index is 12.8. The summed E-state index contributed by atoms with van der Waals surface area (Å²) in [5.74, 6) is 0.360. The van der Waals surface area contributed by atoms with Crippen LogP contribution in [0.25, 0.3) is 0 Å². The number of likely N-dealkylation sites (tertiary alicyclic amines) is 1. The van der Waals surface area contributed by atoms with Crippen LogP contribution in [0.5, 0.6) is 0 Å². The summed E-state index contributed by atoms with van der Waals surface area (Å²) in [6.07, 6.45) is 1.02. The Kier molecular flexibility index (Phi) is 7.39. The Bertz CT molecular complexity index is 795. The molecule has 0 radical (unpaired) electrons. The SMILES string of the molecule is CNCC1CCN(C(=O)c2ccc(C)c(NC(=O)c3ccccc3)c2)C1.Cl. The molecule has 0 bridgehead atoms. The lowest BCUT2D eigenvalue weighted by atomic mass is 10.1. The summed E-state index contributed by atoms with van der Waals surface area (Å²) >= 11 is 0. The lowest BCUT2D eigenvalue weighted by Crippen LogP contribution is -2.30. The molecule has 6 heteroatoms. The summed E-state index contributed by atoms with van der Waals surface area (Å²) in [4.78, 5) is 27.1. The number of benzene rings is 2. The van der Waals surface area contributed by atoms with Crippen molar-refractivity contribution >= 4 is 29.9 Å². The van der Waals surface area contributed by atoms with Gasteiger partial charge in [0.05, 0.1) is 0 Å². The van der Waals surface area contributed by atoms with Crippen molar-refractivity contribution in [3.8, 4) is 0 Å². The molecule has 1 fully saturated rings. The maximum Gasteiger partial charge on any atom is 0.255 e. The third-order valence-electron chi connectivity index (χ3n) is 4.83. The van der Waals surface area contributed by atoms with E-state index in [0.29, 0.717) is 22.7 Å². The lowest BCUT2D eigenvalue weighted by Gasteiger charge is -2.18. The van der Waals surface area contributed by atoms with Gasteiger partial charge in [0.25, 0.3) is 11.8 Å². The second-order valence-electron chi connectivity index (χ2n) is 6.81. The van der Waals surface area contributed by atoms with Crippen LogP contribution >= 0.6 is 12.4 Å². The summed E-state index contributed by atoms with van der Waals surface area (Å²) in [7, 11) is 1.94. The van der Waals surface area contributed by atoms with Crippen LogP contribution in [0.3, 0.4) is 0 Å². The molecule has 1 saturated heterocycles. The Labute approximate surface area is 166 Å². The monoisotopic (exact) mass is 387 g/mol. The molecule has 27 heavy (non-hydrogen) atoms. The lowest BCUT2D eigenvalue weighted by molar-refractivity contribution is 0.0787. The third kappa shape index (κ3) is 5.08. The molecular formula is C21H26ClN3O2. The first-order valence-corrected chi connectivity index (χ1v) is 8.99. The highest BCUT2D eigenvalue weighted by Crippen LogP contribution is 2.22. The Balaban J connectivity index is 0.00000261. The number of nitrogens with zero attached hydrogens (tertiary/aromatic N) is 1. The molecule has 3 rings (SSSR count). The number of nitrogens with one attached hydrogen (secondary N) is 2. The number of rotatable bonds is 5. The largest absolute Gasteiger partial charge is 0.338 e. The van der Waals surface area contributed by atoms with Crippen molar-refractivity contribution in [2.45, 2.75) is 13.3 Å². The predicted octanol–water partition coefficient (Wildman–Crippen LogP) is 3.35. The Morgan fingerprint density at radius 3 is 2.56 bits per heavy atom. The fourth-order valence-corrected chi connectivity index (χ4v) is 3.33. The molecule has 1 atom stereocenters. The highest BCUT2D eigenvalue weighted by Gasteiger charge is 2.26. The summed E-state index contributed by atoms with van der Waals surface area (Å²) in [6, 6.07) is 14.6. The number of carbonyl (C=O) groups is 2. The summed E-state index contributed by atoms with van der Waals surface area (Å²) in [6.45, 7) is 4.41. The van der Waals surface area contributed by atoms with Gasteiger partial charge < -0.3 is 15.5 Å². The molecule has 1 aliphatic heterocycles. The van der Waals surface area contributed by atoms with E-state index in [4.69, 9.17) is 0 Å². The topological polar surface area (TPSA) is 61.4 Å². The standard InChI is InChI=1S/C21H25N3O2.ClH/c1-15-8-9-18(21(26)24-11-10-16(14-24)13-22-2)12-19(15)23-20(25)17-6-4-3-5-7-17;/h3-9,12,16,22H,10-11,13-14H2,1-2H3,(H,23,25);1H. The minimum atomic E-state index is -0.173. The molecular weight excluding hydrogens is 362 g/mol. The number of hydrogen-bond acceptors (Lipinski definition) is 3. The van der Waals surface area contributed by atoms with Crippen molar-refractivity contribution < 1.29 is 9.59 Å². The molecule has 144 valence electrons. The third-order valence-corrected chi connectivity index (χ3v) is 4.83. The van der Waals surface area contributed by atoms with Crippen molar-refractivity contribution in [3.05, 3.63) is 65.2 Å². The normalized spacial score (nSPS) is 15.9. The first kappa shape index (κ1) is 20.9. The van der Waals surface area contributed by atoms with Gasteiger partial charge in [0.1, 0.15) is 0 Å². The van der Waals surface area contributed by atoms with E-state index in [1.165, 1.54) is 0 Å². The predicted molar refractivity (Wildman–Crippen MR) is 111 cm³/mol. The number of anilines is 1. The first-order valence-electron chi connectivity index (χ1n) is 8.99. The van der Waals surface area contributed by atoms with Crippen LogP contribution in [-0.4, -0.2) is 43.4 Å². The van der Waals surface area contributed by atoms with Gasteiger partial charge in [0.15, 0.2) is 0 Å².